The maximum atomic E-state index is 12.6. The highest BCUT2D eigenvalue weighted by molar-refractivity contribution is 6.03. The summed E-state index contributed by atoms with van der Waals surface area (Å²) in [7, 11) is 0. The van der Waals surface area contributed by atoms with Gasteiger partial charge in [-0.25, -0.2) is 0 Å². The predicted molar refractivity (Wildman–Crippen MR) is 50.0 cm³/mol. The van der Waals surface area contributed by atoms with Gasteiger partial charge in [-0.05, 0) is 5.56 Å². The summed E-state index contributed by atoms with van der Waals surface area (Å²) in [5.74, 6) is -0.355. The molecule has 1 aliphatic rings. The molecule has 0 saturated carbocycles. The van der Waals surface area contributed by atoms with Crippen molar-refractivity contribution in [3.05, 3.63) is 35.4 Å². The van der Waals surface area contributed by atoms with Gasteiger partial charge in [0.15, 0.2) is 5.78 Å². The second-order valence-corrected chi connectivity index (χ2v) is 3.64. The maximum Gasteiger partial charge on any atom is 0.353 e. The Morgan fingerprint density at radius 1 is 1.40 bits per heavy atom. The molecule has 0 radical (unpaired) electrons. The molecule has 1 atom stereocenters. The molecule has 0 N–H and O–H groups in total. The molecule has 1 aliphatic carbocycles. The number of rotatable bonds is 2. The third kappa shape index (κ3) is 2.04. The molecule has 0 aliphatic heterocycles. The van der Waals surface area contributed by atoms with Crippen molar-refractivity contribution in [1.29, 1.82) is 0 Å². The fourth-order valence-corrected chi connectivity index (χ4v) is 1.75. The summed E-state index contributed by atoms with van der Waals surface area (Å²) >= 11 is 0. The van der Waals surface area contributed by atoms with Gasteiger partial charge in [0, 0.05) is 18.9 Å². The molecule has 0 aromatic heterocycles. The summed E-state index contributed by atoms with van der Waals surface area (Å²) < 4.78 is 29.6. The van der Waals surface area contributed by atoms with Gasteiger partial charge in [-0.15, -0.1) is 0 Å². The standard InChI is InChI=1S/C11H10F2O2/c1-11(12,13)15-9-6-7-4-2-3-5-8(7)10(9)14/h2-5,9H,6H2,1H3. The molecule has 4 heteroatoms. The van der Waals surface area contributed by atoms with Gasteiger partial charge in [0.1, 0.15) is 6.10 Å². The van der Waals surface area contributed by atoms with Gasteiger partial charge in [0.05, 0.1) is 0 Å². The van der Waals surface area contributed by atoms with Gasteiger partial charge in [-0.3, -0.25) is 4.79 Å². The van der Waals surface area contributed by atoms with Gasteiger partial charge >= 0.3 is 6.11 Å². The van der Waals surface area contributed by atoms with Crippen molar-refractivity contribution in [2.24, 2.45) is 0 Å². The SMILES string of the molecule is CC(F)(F)OC1Cc2ccccc2C1=O. The molecule has 2 rings (SSSR count). The van der Waals surface area contributed by atoms with Crippen LogP contribution in [0.4, 0.5) is 8.78 Å². The number of Topliss-reactive ketones (excluding diaryl/α,β-unsaturated/α-hetero) is 1. The van der Waals surface area contributed by atoms with E-state index >= 15 is 0 Å². The molecule has 2 nitrogen and oxygen atoms in total. The number of ether oxygens (including phenoxy) is 1. The average molecular weight is 212 g/mol. The van der Waals surface area contributed by atoms with Crippen LogP contribution in [-0.4, -0.2) is 18.0 Å². The van der Waals surface area contributed by atoms with E-state index in [-0.39, 0.29) is 12.2 Å². The lowest BCUT2D eigenvalue weighted by Crippen LogP contribution is -2.29. The maximum absolute atomic E-state index is 12.6. The second-order valence-electron chi connectivity index (χ2n) is 3.64. The van der Waals surface area contributed by atoms with Crippen LogP contribution >= 0.6 is 0 Å². The van der Waals surface area contributed by atoms with Crippen LogP contribution in [0.5, 0.6) is 0 Å². The molecule has 0 fully saturated rings. The molecule has 1 unspecified atom stereocenters. The molecule has 1 aromatic rings. The van der Waals surface area contributed by atoms with Crippen LogP contribution in [0.1, 0.15) is 22.8 Å². The predicted octanol–water partition coefficient (Wildman–Crippen LogP) is 2.42. The number of alkyl halides is 2. The van der Waals surface area contributed by atoms with Crippen molar-refractivity contribution < 1.29 is 18.3 Å². The Bertz CT molecular complexity index is 396. The number of hydrogen-bond acceptors (Lipinski definition) is 2. The minimum atomic E-state index is -3.26. The Morgan fingerprint density at radius 2 is 2.07 bits per heavy atom. The summed E-state index contributed by atoms with van der Waals surface area (Å²) in [4.78, 5) is 11.6. The zero-order valence-corrected chi connectivity index (χ0v) is 8.17. The van der Waals surface area contributed by atoms with Crippen molar-refractivity contribution in [3.8, 4) is 0 Å². The summed E-state index contributed by atoms with van der Waals surface area (Å²) in [6, 6.07) is 6.88. The highest BCUT2D eigenvalue weighted by Crippen LogP contribution is 2.28. The largest absolute Gasteiger partial charge is 0.353 e. The minimum absolute atomic E-state index is 0.235. The zero-order valence-electron chi connectivity index (χ0n) is 8.17. The molecular formula is C11H10F2O2. The van der Waals surface area contributed by atoms with Gasteiger partial charge in [-0.2, -0.15) is 8.78 Å². The van der Waals surface area contributed by atoms with E-state index in [1.165, 1.54) is 0 Å². The van der Waals surface area contributed by atoms with Gasteiger partial charge in [0.2, 0.25) is 0 Å². The van der Waals surface area contributed by atoms with Gasteiger partial charge < -0.3 is 4.74 Å². The van der Waals surface area contributed by atoms with E-state index in [0.717, 1.165) is 5.56 Å². The summed E-state index contributed by atoms with van der Waals surface area (Å²) in [5.41, 5.74) is 1.27. The summed E-state index contributed by atoms with van der Waals surface area (Å²) in [6.07, 6.45) is -4.07. The van der Waals surface area contributed by atoms with Crippen LogP contribution in [0.3, 0.4) is 0 Å². The second kappa shape index (κ2) is 3.38. The van der Waals surface area contributed by atoms with E-state index < -0.39 is 12.2 Å². The van der Waals surface area contributed by atoms with Crippen LogP contribution in [0, 0.1) is 0 Å². The molecule has 0 bridgehead atoms. The van der Waals surface area contributed by atoms with E-state index in [9.17, 15) is 13.6 Å². The van der Waals surface area contributed by atoms with Crippen molar-refractivity contribution >= 4 is 5.78 Å². The molecule has 1 aromatic carbocycles. The van der Waals surface area contributed by atoms with E-state index in [1.54, 1.807) is 24.3 Å². The fourth-order valence-electron chi connectivity index (χ4n) is 1.75. The molecule has 0 spiro atoms. The highest BCUT2D eigenvalue weighted by atomic mass is 19.3. The minimum Gasteiger partial charge on any atom is -0.309 e. The van der Waals surface area contributed by atoms with E-state index in [4.69, 9.17) is 0 Å². The molecule has 0 saturated heterocycles. The number of fused-ring (bicyclic) bond motifs is 1. The van der Waals surface area contributed by atoms with Crippen molar-refractivity contribution in [1.82, 2.24) is 0 Å². The van der Waals surface area contributed by atoms with Crippen LogP contribution in [0.2, 0.25) is 0 Å². The zero-order chi connectivity index (χ0) is 11.1. The lowest BCUT2D eigenvalue weighted by atomic mass is 10.1. The van der Waals surface area contributed by atoms with Gasteiger partial charge in [-0.1, -0.05) is 24.3 Å². The first-order valence-corrected chi connectivity index (χ1v) is 4.65. The number of ketones is 1. The molecule has 0 amide bonds. The molecule has 15 heavy (non-hydrogen) atoms. The van der Waals surface area contributed by atoms with Crippen molar-refractivity contribution in [2.45, 2.75) is 25.6 Å². The van der Waals surface area contributed by atoms with Crippen LogP contribution < -0.4 is 0 Å². The Kier molecular flexibility index (Phi) is 2.31. The van der Waals surface area contributed by atoms with E-state index in [0.29, 0.717) is 12.5 Å². The average Bonchev–Trinajstić information content (AvgIpc) is 2.42. The number of halogens is 2. The number of benzene rings is 1. The molecule has 0 heterocycles. The summed E-state index contributed by atoms with van der Waals surface area (Å²) in [6.45, 7) is 0.642. The van der Waals surface area contributed by atoms with Crippen molar-refractivity contribution in [3.63, 3.8) is 0 Å². The number of carbonyl (C=O) groups is 1. The monoisotopic (exact) mass is 212 g/mol. The van der Waals surface area contributed by atoms with E-state index in [1.807, 2.05) is 0 Å². The first-order valence-electron chi connectivity index (χ1n) is 4.65. The Hall–Kier alpha value is -1.29. The smallest absolute Gasteiger partial charge is 0.309 e. The topological polar surface area (TPSA) is 26.3 Å². The Labute approximate surface area is 85.9 Å². The number of hydrogen-bond donors (Lipinski definition) is 0. The van der Waals surface area contributed by atoms with Crippen LogP contribution in [0.15, 0.2) is 24.3 Å². The van der Waals surface area contributed by atoms with Crippen LogP contribution in [0.25, 0.3) is 0 Å². The Morgan fingerprint density at radius 3 is 2.67 bits per heavy atom. The third-order valence-corrected chi connectivity index (χ3v) is 2.33. The first kappa shape index (κ1) is 10.2. The third-order valence-electron chi connectivity index (χ3n) is 2.33. The Balaban J connectivity index is 2.21. The quantitative estimate of drug-likeness (QED) is 0.752. The van der Waals surface area contributed by atoms with E-state index in [2.05, 4.69) is 4.74 Å². The van der Waals surface area contributed by atoms with Crippen LogP contribution in [-0.2, 0) is 11.2 Å². The first-order chi connectivity index (χ1) is 6.97. The highest BCUT2D eigenvalue weighted by Gasteiger charge is 2.37. The normalized spacial score (nSPS) is 20.5. The fraction of sp³-hybridized carbons (Fsp3) is 0.364. The molecular weight excluding hydrogens is 202 g/mol. The lowest BCUT2D eigenvalue weighted by Gasteiger charge is -2.15. The van der Waals surface area contributed by atoms with Crippen molar-refractivity contribution in [2.75, 3.05) is 0 Å². The number of carbonyl (C=O) groups excluding carboxylic acids is 1. The lowest BCUT2D eigenvalue weighted by molar-refractivity contribution is -0.238. The molecule has 80 valence electrons. The van der Waals surface area contributed by atoms with Gasteiger partial charge in [0.25, 0.3) is 0 Å². The summed E-state index contributed by atoms with van der Waals surface area (Å²) in [5, 5.41) is 0.